The van der Waals surface area contributed by atoms with E-state index in [1.165, 1.54) is 0 Å². The fourth-order valence-corrected chi connectivity index (χ4v) is 5.55. The maximum Gasteiger partial charge on any atom is 0.372 e. The fourth-order valence-electron chi connectivity index (χ4n) is 5.05. The van der Waals surface area contributed by atoms with E-state index in [-0.39, 0.29) is 128 Å². The fraction of sp³-hybridized carbons (Fsp3) is 0.778. The summed E-state index contributed by atoms with van der Waals surface area (Å²) in [6.45, 7) is 2.96. The van der Waals surface area contributed by atoms with Crippen LogP contribution in [0.1, 0.15) is 77.0 Å². The van der Waals surface area contributed by atoms with Crippen LogP contribution in [-0.2, 0) is 59.5 Å². The van der Waals surface area contributed by atoms with E-state index in [1.54, 1.807) is 0 Å². The van der Waals surface area contributed by atoms with Gasteiger partial charge in [-0.3, -0.25) is 19.2 Å². The highest BCUT2D eigenvalue weighted by molar-refractivity contribution is 8.25. The average molecular weight is 834 g/mol. The van der Waals surface area contributed by atoms with Crippen LogP contribution < -0.4 is 26.7 Å². The molecule has 0 fully saturated rings. The van der Waals surface area contributed by atoms with Gasteiger partial charge in [0.15, 0.2) is 0 Å². The van der Waals surface area contributed by atoms with Crippen molar-refractivity contribution in [2.24, 2.45) is 0 Å². The van der Waals surface area contributed by atoms with Crippen molar-refractivity contribution < 1.29 is 57.2 Å². The van der Waals surface area contributed by atoms with Crippen LogP contribution in [-0.4, -0.2) is 138 Å². The normalized spacial score (nSPS) is 12.0. The molecule has 0 rings (SSSR count). The van der Waals surface area contributed by atoms with Crippen LogP contribution in [0.4, 0.5) is 0 Å². The molecule has 0 aromatic rings. The van der Waals surface area contributed by atoms with Crippen LogP contribution in [0.3, 0.4) is 0 Å². The Morgan fingerprint density at radius 1 is 0.643 bits per heavy atom. The zero-order chi connectivity index (χ0) is 41.5. The lowest BCUT2D eigenvalue weighted by Crippen LogP contribution is -2.51. The molecule has 4 amide bonds. The van der Waals surface area contributed by atoms with E-state index < -0.39 is 18.7 Å². The number of terminal acetylenes is 2. The Morgan fingerprint density at radius 2 is 1.18 bits per heavy atom. The first-order valence-corrected chi connectivity index (χ1v) is 21.1. The second kappa shape index (κ2) is 37.2. The van der Waals surface area contributed by atoms with Crippen molar-refractivity contribution in [1.82, 2.24) is 26.7 Å². The molecular formula is C36H62N6O12PS+. The van der Waals surface area contributed by atoms with Crippen LogP contribution in [0, 0.1) is 29.6 Å². The van der Waals surface area contributed by atoms with E-state index in [4.69, 9.17) is 41.4 Å². The third-order valence-corrected chi connectivity index (χ3v) is 8.62. The highest BCUT2D eigenvalue weighted by Crippen LogP contribution is 2.25. The molecule has 0 spiro atoms. The van der Waals surface area contributed by atoms with Gasteiger partial charge in [-0.1, -0.05) is 29.2 Å². The van der Waals surface area contributed by atoms with Gasteiger partial charge in [0.2, 0.25) is 30.2 Å². The quantitative estimate of drug-likeness (QED) is 0.0125. The number of rotatable bonds is 39. The minimum Gasteiger partial charge on any atom is -0.408 e. The van der Waals surface area contributed by atoms with E-state index in [2.05, 4.69) is 50.8 Å². The maximum atomic E-state index is 13.4. The molecule has 56 heavy (non-hydrogen) atoms. The molecule has 0 radical (unpaired) electrons. The molecule has 2 atom stereocenters. The maximum absolute atomic E-state index is 13.4. The molecule has 6 N–H and O–H groups in total. The summed E-state index contributed by atoms with van der Waals surface area (Å²) in [5.74, 6) is 3.42. The van der Waals surface area contributed by atoms with Gasteiger partial charge in [-0.15, -0.1) is 12.8 Å². The predicted octanol–water partition coefficient (Wildman–Crippen LogP) is 0.701. The van der Waals surface area contributed by atoms with Gasteiger partial charge in [-0.05, 0) is 32.1 Å². The zero-order valence-electron chi connectivity index (χ0n) is 32.5. The summed E-state index contributed by atoms with van der Waals surface area (Å²) in [6.07, 6.45) is 14.0. The molecule has 18 nitrogen and oxygen atoms in total. The summed E-state index contributed by atoms with van der Waals surface area (Å²) >= 11 is 4.48. The molecule has 2 unspecified atom stereocenters. The first-order chi connectivity index (χ1) is 27.1. The molecule has 0 aromatic heterocycles. The highest BCUT2D eigenvalue weighted by Gasteiger charge is 2.35. The summed E-state index contributed by atoms with van der Waals surface area (Å²) in [6, 6.07) is 0. The van der Waals surface area contributed by atoms with Gasteiger partial charge in [0.25, 0.3) is 0 Å². The Balaban J connectivity index is 5.37. The van der Waals surface area contributed by atoms with Crippen LogP contribution in [0.2, 0.25) is 0 Å². The minimum absolute atomic E-state index is 0.00663. The summed E-state index contributed by atoms with van der Waals surface area (Å²) in [7, 11) is -2.01. The van der Waals surface area contributed by atoms with E-state index in [0.29, 0.717) is 44.4 Å². The number of unbranched alkanes of at least 4 members (excludes halogenated alkanes) is 3. The Kier molecular flexibility index (Phi) is 35.0. The first kappa shape index (κ1) is 52.6. The van der Waals surface area contributed by atoms with Gasteiger partial charge in [0, 0.05) is 57.3 Å². The number of nitrogens with zero attached hydrogens (tertiary/aromatic N) is 1. The minimum atomic E-state index is -2.01. The van der Waals surface area contributed by atoms with E-state index in [1.807, 2.05) is 0 Å². The number of hydrogen-bond donors (Lipinski definition) is 6. The van der Waals surface area contributed by atoms with Crippen LogP contribution in [0.5, 0.6) is 0 Å². The number of hydrogen-bond acceptors (Lipinski definition) is 13. The largest absolute Gasteiger partial charge is 0.408 e. The highest BCUT2D eigenvalue weighted by atomic mass is 32.7. The molecule has 0 bridgehead atoms. The van der Waals surface area contributed by atoms with Crippen LogP contribution >= 0.6 is 7.23 Å². The molecule has 0 aliphatic carbocycles. The smallest absolute Gasteiger partial charge is 0.372 e. The van der Waals surface area contributed by atoms with E-state index >= 15 is 0 Å². The molecule has 0 aromatic carbocycles. The SMILES string of the molecule is C#CCOCCOCCNC(=O)CCC(CCC(=O)NCCO)(CC[N+](=O)NCCOCCOCC#C)NC(=O)CCCC(=O)NCCCCCCO[P+](=O)[S-]. The van der Waals surface area contributed by atoms with Crippen molar-refractivity contribution in [3.63, 3.8) is 0 Å². The molecular weight excluding hydrogens is 771 g/mol. The molecule has 20 heteroatoms. The van der Waals surface area contributed by atoms with Crippen molar-refractivity contribution in [1.29, 1.82) is 0 Å². The predicted molar refractivity (Wildman–Crippen MR) is 211 cm³/mol. The van der Waals surface area contributed by atoms with E-state index in [0.717, 1.165) is 25.7 Å². The number of hydrazine groups is 1. The summed E-state index contributed by atoms with van der Waals surface area (Å²) in [4.78, 5) is 64.7. The number of carbonyl (C=O) groups excluding carboxylic acids is 4. The standard InChI is InChI=1S/C36H61N6O12PS/c1-3-23-50-28-30-52-26-19-39-34(46)13-15-36(14-12-33(45)38-18-22-43,16-21-42(48)40-20-27-53-31-29-51-24-4-2)41-35(47)11-9-10-32(44)37-17-7-5-6-8-25-54-55(49)56/h1-2,43H,5-31H2,(H4-,37,38,39,40,41,44,45,46,47,48)/p+1. The number of nitroso groups, excluding NO2 is 1. The molecule has 0 heterocycles. The lowest BCUT2D eigenvalue weighted by molar-refractivity contribution is -0.608. The van der Waals surface area contributed by atoms with Crippen molar-refractivity contribution in [2.45, 2.75) is 82.6 Å². The Morgan fingerprint density at radius 3 is 1.79 bits per heavy atom. The van der Waals surface area contributed by atoms with Gasteiger partial charge >= 0.3 is 7.23 Å². The van der Waals surface area contributed by atoms with Crippen LogP contribution in [0.15, 0.2) is 0 Å². The number of aliphatic hydroxyl groups is 1. The van der Waals surface area contributed by atoms with Gasteiger partial charge in [0.1, 0.15) is 24.7 Å². The van der Waals surface area contributed by atoms with Crippen molar-refractivity contribution >= 4 is 43.1 Å². The number of amides is 4. The van der Waals surface area contributed by atoms with Gasteiger partial charge < -0.3 is 57.6 Å². The van der Waals surface area contributed by atoms with Crippen molar-refractivity contribution in [3.05, 3.63) is 4.91 Å². The second-order valence-electron chi connectivity index (χ2n) is 12.4. The van der Waals surface area contributed by atoms with Crippen LogP contribution in [0.25, 0.3) is 0 Å². The number of carbonyl (C=O) groups is 4. The zero-order valence-corrected chi connectivity index (χ0v) is 34.2. The molecule has 0 aliphatic rings. The van der Waals surface area contributed by atoms with Crippen molar-refractivity contribution in [3.8, 4) is 24.7 Å². The van der Waals surface area contributed by atoms with Crippen molar-refractivity contribution in [2.75, 3.05) is 98.8 Å². The number of nitrogens with one attached hydrogen (secondary N) is 5. The number of ether oxygens (including phenoxy) is 4. The Labute approximate surface area is 337 Å². The monoisotopic (exact) mass is 833 g/mol. The number of aliphatic hydroxyl groups excluding tert-OH is 1. The third-order valence-electron chi connectivity index (χ3n) is 7.91. The second-order valence-corrected chi connectivity index (χ2v) is 14.0. The lowest BCUT2D eigenvalue weighted by Gasteiger charge is -2.34. The molecule has 0 saturated carbocycles. The Bertz CT molecular complexity index is 1170. The van der Waals surface area contributed by atoms with Gasteiger partial charge in [-0.2, -0.15) is 9.95 Å². The average Bonchev–Trinajstić information content (AvgIpc) is 3.17. The van der Waals surface area contributed by atoms with Gasteiger partial charge in [-0.25, -0.2) is 0 Å². The van der Waals surface area contributed by atoms with E-state index in [9.17, 15) is 28.7 Å². The summed E-state index contributed by atoms with van der Waals surface area (Å²) in [5.41, 5.74) is 1.54. The summed E-state index contributed by atoms with van der Waals surface area (Å²) in [5, 5.41) is 20.3. The topological polar surface area (TPSA) is 232 Å². The Hall–Kier alpha value is -3.39. The van der Waals surface area contributed by atoms with Gasteiger partial charge in [0.05, 0.1) is 57.7 Å². The molecule has 318 valence electrons. The molecule has 0 saturated heterocycles. The lowest BCUT2D eigenvalue weighted by atomic mass is 9.84. The third kappa shape index (κ3) is 33.9. The first-order valence-electron chi connectivity index (χ1n) is 18.9. The molecule has 0 aliphatic heterocycles. The summed E-state index contributed by atoms with van der Waals surface area (Å²) < 4.78 is 36.8.